The van der Waals surface area contributed by atoms with Crippen molar-refractivity contribution in [1.29, 1.82) is 10.5 Å². The number of allylic oxidation sites excluding steroid dienone is 2. The van der Waals surface area contributed by atoms with Crippen LogP contribution in [-0.2, 0) is 4.74 Å². The van der Waals surface area contributed by atoms with Gasteiger partial charge in [-0.05, 0) is 17.7 Å². The number of ether oxygens (including phenoxy) is 2. The van der Waals surface area contributed by atoms with E-state index in [0.29, 0.717) is 11.3 Å². The molecule has 0 aliphatic carbocycles. The number of nitrogens with zero attached hydrogens (tertiary/aromatic N) is 2. The summed E-state index contributed by atoms with van der Waals surface area (Å²) >= 11 is 0. The van der Waals surface area contributed by atoms with Gasteiger partial charge < -0.3 is 15.2 Å². The zero-order valence-corrected chi connectivity index (χ0v) is 10.3. The molecule has 0 spiro atoms. The van der Waals surface area contributed by atoms with E-state index in [0.717, 1.165) is 5.56 Å². The molecule has 19 heavy (non-hydrogen) atoms. The lowest BCUT2D eigenvalue weighted by Crippen LogP contribution is -2.16. The summed E-state index contributed by atoms with van der Waals surface area (Å²) in [5.74, 6) is 0.241. The van der Waals surface area contributed by atoms with Crippen LogP contribution in [0.25, 0.3) is 0 Å². The van der Waals surface area contributed by atoms with Gasteiger partial charge in [-0.15, -0.1) is 0 Å². The SMILES string of the molecule is COc1ccc(C2C(C#N)=COC(N)=C2C#N)cc1. The Labute approximate surface area is 110 Å². The van der Waals surface area contributed by atoms with Crippen LogP contribution in [0.3, 0.4) is 0 Å². The predicted molar refractivity (Wildman–Crippen MR) is 67.3 cm³/mol. The third-order valence-electron chi connectivity index (χ3n) is 2.88. The van der Waals surface area contributed by atoms with Crippen LogP contribution in [0.15, 0.2) is 47.6 Å². The number of nitriles is 2. The lowest BCUT2D eigenvalue weighted by atomic mass is 9.85. The normalized spacial score (nSPS) is 17.8. The molecular weight excluding hydrogens is 242 g/mol. The van der Waals surface area contributed by atoms with Crippen molar-refractivity contribution in [2.45, 2.75) is 5.92 Å². The summed E-state index contributed by atoms with van der Waals surface area (Å²) in [5.41, 5.74) is 7.02. The average molecular weight is 253 g/mol. The highest BCUT2D eigenvalue weighted by Crippen LogP contribution is 2.36. The molecule has 5 nitrogen and oxygen atoms in total. The number of hydrogen-bond donors (Lipinski definition) is 1. The Morgan fingerprint density at radius 2 is 1.89 bits per heavy atom. The van der Waals surface area contributed by atoms with Gasteiger partial charge in [-0.3, -0.25) is 0 Å². The van der Waals surface area contributed by atoms with Crippen LogP contribution in [0.4, 0.5) is 0 Å². The Kier molecular flexibility index (Phi) is 3.40. The van der Waals surface area contributed by atoms with Crippen molar-refractivity contribution in [2.75, 3.05) is 7.11 Å². The Morgan fingerprint density at radius 3 is 2.42 bits per heavy atom. The van der Waals surface area contributed by atoms with Crippen LogP contribution in [0.2, 0.25) is 0 Å². The van der Waals surface area contributed by atoms with E-state index < -0.39 is 5.92 Å². The molecule has 0 aromatic heterocycles. The van der Waals surface area contributed by atoms with Crippen LogP contribution >= 0.6 is 0 Å². The molecule has 94 valence electrons. The van der Waals surface area contributed by atoms with E-state index in [1.165, 1.54) is 6.26 Å². The highest BCUT2D eigenvalue weighted by Gasteiger charge is 2.28. The standard InChI is InChI=1S/C14H11N3O2/c1-18-11-4-2-9(3-5-11)13-10(6-15)8-19-14(17)12(13)7-16/h2-5,8,13H,17H2,1H3. The third kappa shape index (κ3) is 2.22. The van der Waals surface area contributed by atoms with Crippen LogP contribution in [0.1, 0.15) is 11.5 Å². The maximum atomic E-state index is 9.18. The first kappa shape index (κ1) is 12.5. The molecule has 2 rings (SSSR count). The Bertz CT molecular complexity index is 630. The largest absolute Gasteiger partial charge is 0.497 e. The summed E-state index contributed by atoms with van der Waals surface area (Å²) in [4.78, 5) is 0. The van der Waals surface area contributed by atoms with Crippen molar-refractivity contribution in [3.05, 3.63) is 53.1 Å². The van der Waals surface area contributed by atoms with Crippen LogP contribution in [-0.4, -0.2) is 7.11 Å². The number of rotatable bonds is 2. The highest BCUT2D eigenvalue weighted by molar-refractivity contribution is 5.51. The third-order valence-corrected chi connectivity index (χ3v) is 2.88. The number of benzene rings is 1. The Balaban J connectivity index is 2.49. The van der Waals surface area contributed by atoms with E-state index in [1.54, 1.807) is 31.4 Å². The molecular formula is C14H11N3O2. The van der Waals surface area contributed by atoms with E-state index in [-0.39, 0.29) is 11.5 Å². The van der Waals surface area contributed by atoms with Crippen molar-refractivity contribution in [3.63, 3.8) is 0 Å². The second-order valence-corrected chi connectivity index (χ2v) is 3.90. The maximum Gasteiger partial charge on any atom is 0.204 e. The van der Waals surface area contributed by atoms with Crippen molar-refractivity contribution in [3.8, 4) is 17.9 Å². The van der Waals surface area contributed by atoms with Gasteiger partial charge in [0.2, 0.25) is 5.88 Å². The summed E-state index contributed by atoms with van der Waals surface area (Å²) < 4.78 is 10.1. The molecule has 2 N–H and O–H groups in total. The summed E-state index contributed by atoms with van der Waals surface area (Å²) in [7, 11) is 1.57. The molecule has 1 atom stereocenters. The fraction of sp³-hybridized carbons (Fsp3) is 0.143. The van der Waals surface area contributed by atoms with Crippen molar-refractivity contribution in [1.82, 2.24) is 0 Å². The molecule has 1 aromatic rings. The van der Waals surface area contributed by atoms with Gasteiger partial charge in [-0.25, -0.2) is 0 Å². The number of methoxy groups -OCH3 is 1. The molecule has 5 heteroatoms. The summed E-state index contributed by atoms with van der Waals surface area (Å²) in [6, 6.07) is 11.2. The Morgan fingerprint density at radius 1 is 1.21 bits per heavy atom. The van der Waals surface area contributed by atoms with Gasteiger partial charge in [-0.2, -0.15) is 10.5 Å². The first-order valence-corrected chi connectivity index (χ1v) is 5.51. The van der Waals surface area contributed by atoms with E-state index in [1.807, 2.05) is 12.1 Å². The minimum absolute atomic E-state index is 0.0299. The van der Waals surface area contributed by atoms with Crippen LogP contribution in [0.5, 0.6) is 5.75 Å². The zero-order valence-electron chi connectivity index (χ0n) is 10.3. The highest BCUT2D eigenvalue weighted by atomic mass is 16.5. The van der Waals surface area contributed by atoms with Gasteiger partial charge in [0, 0.05) is 0 Å². The van der Waals surface area contributed by atoms with E-state index in [9.17, 15) is 5.26 Å². The quantitative estimate of drug-likeness (QED) is 0.869. The van der Waals surface area contributed by atoms with Gasteiger partial charge in [-0.1, -0.05) is 12.1 Å². The minimum atomic E-state index is -0.491. The van der Waals surface area contributed by atoms with Crippen LogP contribution < -0.4 is 10.5 Å². The molecule has 0 fully saturated rings. The van der Waals surface area contributed by atoms with Crippen molar-refractivity contribution in [2.24, 2.45) is 5.73 Å². The van der Waals surface area contributed by atoms with Gasteiger partial charge in [0.05, 0.1) is 24.7 Å². The summed E-state index contributed by atoms with van der Waals surface area (Å²) in [6.07, 6.45) is 1.28. The zero-order chi connectivity index (χ0) is 13.8. The predicted octanol–water partition coefficient (Wildman–Crippen LogP) is 1.91. The fourth-order valence-corrected chi connectivity index (χ4v) is 1.91. The molecule has 1 unspecified atom stereocenters. The van der Waals surface area contributed by atoms with E-state index >= 15 is 0 Å². The summed E-state index contributed by atoms with van der Waals surface area (Å²) in [6.45, 7) is 0. The Hall–Kier alpha value is -2.92. The molecule has 0 radical (unpaired) electrons. The van der Waals surface area contributed by atoms with Gasteiger partial charge >= 0.3 is 0 Å². The first-order chi connectivity index (χ1) is 9.21. The van der Waals surface area contributed by atoms with Crippen molar-refractivity contribution >= 4 is 0 Å². The second-order valence-electron chi connectivity index (χ2n) is 3.90. The maximum absolute atomic E-state index is 9.18. The number of hydrogen-bond acceptors (Lipinski definition) is 5. The first-order valence-electron chi connectivity index (χ1n) is 5.51. The van der Waals surface area contributed by atoms with Gasteiger partial charge in [0.1, 0.15) is 23.7 Å². The molecule has 0 saturated carbocycles. The second kappa shape index (κ2) is 5.16. The topological polar surface area (TPSA) is 92.1 Å². The molecule has 1 heterocycles. The fourth-order valence-electron chi connectivity index (χ4n) is 1.91. The van der Waals surface area contributed by atoms with Gasteiger partial charge in [0.15, 0.2) is 0 Å². The van der Waals surface area contributed by atoms with Crippen LogP contribution in [0, 0.1) is 22.7 Å². The number of nitrogens with two attached hydrogens (primary N) is 1. The smallest absolute Gasteiger partial charge is 0.204 e. The summed E-state index contributed by atoms with van der Waals surface area (Å²) in [5, 5.41) is 18.3. The molecule has 0 amide bonds. The van der Waals surface area contributed by atoms with E-state index in [4.69, 9.17) is 20.5 Å². The lowest BCUT2D eigenvalue weighted by Gasteiger charge is -2.21. The molecule has 0 bridgehead atoms. The lowest BCUT2D eigenvalue weighted by molar-refractivity contribution is 0.326. The average Bonchev–Trinajstić information content (AvgIpc) is 2.47. The van der Waals surface area contributed by atoms with Crippen molar-refractivity contribution < 1.29 is 9.47 Å². The minimum Gasteiger partial charge on any atom is -0.497 e. The molecule has 1 aliphatic heterocycles. The van der Waals surface area contributed by atoms with E-state index in [2.05, 4.69) is 0 Å². The van der Waals surface area contributed by atoms with Gasteiger partial charge in [0.25, 0.3) is 0 Å². The molecule has 1 aliphatic rings. The molecule has 1 aromatic carbocycles. The monoisotopic (exact) mass is 253 g/mol. The molecule has 0 saturated heterocycles.